The highest BCUT2D eigenvalue weighted by Gasteiger charge is 2.23. The molecule has 1 aliphatic carbocycles. The van der Waals surface area contributed by atoms with Crippen molar-refractivity contribution in [2.45, 2.75) is 37.8 Å². The Bertz CT molecular complexity index is 1610. The van der Waals surface area contributed by atoms with Gasteiger partial charge in [-0.3, -0.25) is 14.2 Å². The number of carbonyl (C=O) groups excluding carboxylic acids is 1. The second-order valence-electron chi connectivity index (χ2n) is 8.81. The van der Waals surface area contributed by atoms with Gasteiger partial charge in [-0.05, 0) is 80.6 Å². The maximum absolute atomic E-state index is 13.8. The summed E-state index contributed by atoms with van der Waals surface area (Å²) in [5, 5.41) is 15.1. The van der Waals surface area contributed by atoms with Crippen molar-refractivity contribution in [1.29, 1.82) is 0 Å². The lowest BCUT2D eigenvalue weighted by atomic mass is 9.97. The number of aryl methyl sites for hydroxylation is 2. The first kappa shape index (κ1) is 26.5. The Morgan fingerprint density at radius 2 is 2.00 bits per heavy atom. The largest absolute Gasteiger partial charge is 0.504 e. The lowest BCUT2D eigenvalue weighted by molar-refractivity contribution is -0.118. The Labute approximate surface area is 235 Å². The van der Waals surface area contributed by atoms with Crippen molar-refractivity contribution < 1.29 is 14.6 Å². The Morgan fingerprint density at radius 1 is 1.24 bits per heavy atom. The van der Waals surface area contributed by atoms with Crippen molar-refractivity contribution in [3.05, 3.63) is 73.3 Å². The molecule has 2 N–H and O–H groups in total. The molecule has 11 heteroatoms. The molecular formula is C27H25BrN4O4S2. The van der Waals surface area contributed by atoms with E-state index in [2.05, 4.69) is 26.5 Å². The minimum absolute atomic E-state index is 0.0231. The van der Waals surface area contributed by atoms with Crippen LogP contribution >= 0.6 is 39.0 Å². The number of nitrogens with one attached hydrogen (secondary N) is 1. The summed E-state index contributed by atoms with van der Waals surface area (Å²) in [7, 11) is 1.47. The summed E-state index contributed by atoms with van der Waals surface area (Å²) in [5.41, 5.74) is 5.54. The first-order valence-corrected chi connectivity index (χ1v) is 14.6. The fourth-order valence-corrected chi connectivity index (χ4v) is 6.75. The molecule has 1 aliphatic rings. The lowest BCUT2D eigenvalue weighted by Crippen LogP contribution is -2.24. The average Bonchev–Trinajstić information content (AvgIpc) is 3.30. The molecule has 4 aromatic rings. The first-order valence-electron chi connectivity index (χ1n) is 12.0. The fraction of sp³-hybridized carbons (Fsp3) is 0.259. The van der Waals surface area contributed by atoms with Gasteiger partial charge in [-0.25, -0.2) is 10.4 Å². The number of phenols is 1. The number of thioether (sulfide) groups is 1. The average molecular weight is 614 g/mol. The van der Waals surface area contributed by atoms with Gasteiger partial charge in [0.15, 0.2) is 16.7 Å². The number of carbonyl (C=O) groups is 1. The van der Waals surface area contributed by atoms with Gasteiger partial charge in [0.2, 0.25) is 0 Å². The zero-order valence-electron chi connectivity index (χ0n) is 20.8. The van der Waals surface area contributed by atoms with E-state index in [0.717, 1.165) is 40.5 Å². The Kier molecular flexibility index (Phi) is 7.87. The van der Waals surface area contributed by atoms with Crippen molar-refractivity contribution in [2.75, 3.05) is 12.9 Å². The second-order valence-corrected chi connectivity index (χ2v) is 11.8. The van der Waals surface area contributed by atoms with Crippen LogP contribution in [0.2, 0.25) is 0 Å². The standard InChI is InChI=1S/C27H25BrN4O4S2/c1-15(16-7-12-20(33)21(13-16)36-2)30-31-23(34)14-37-27-29-25-24(19-5-3-4-6-22(19)38-25)26(35)32(27)18-10-8-17(28)9-11-18/h7-13,33H,3-6,14H2,1-2H3,(H,31,34). The third-order valence-electron chi connectivity index (χ3n) is 6.32. The van der Waals surface area contributed by atoms with E-state index in [0.29, 0.717) is 33.3 Å². The monoisotopic (exact) mass is 612 g/mol. The predicted molar refractivity (Wildman–Crippen MR) is 155 cm³/mol. The number of halogens is 1. The fourth-order valence-electron chi connectivity index (χ4n) is 4.38. The topological polar surface area (TPSA) is 106 Å². The van der Waals surface area contributed by atoms with Gasteiger partial charge in [-0.1, -0.05) is 27.7 Å². The van der Waals surface area contributed by atoms with Crippen molar-refractivity contribution in [1.82, 2.24) is 15.0 Å². The molecule has 196 valence electrons. The van der Waals surface area contributed by atoms with Crippen LogP contribution in [0.4, 0.5) is 0 Å². The summed E-state index contributed by atoms with van der Waals surface area (Å²) in [6.07, 6.45) is 4.07. The quantitative estimate of drug-likeness (QED) is 0.125. The minimum Gasteiger partial charge on any atom is -0.504 e. The Balaban J connectivity index is 1.41. The van der Waals surface area contributed by atoms with Gasteiger partial charge in [0.1, 0.15) is 4.83 Å². The summed E-state index contributed by atoms with van der Waals surface area (Å²) in [4.78, 5) is 33.4. The van der Waals surface area contributed by atoms with Crippen molar-refractivity contribution in [3.63, 3.8) is 0 Å². The molecule has 1 amide bonds. The lowest BCUT2D eigenvalue weighted by Gasteiger charge is -2.13. The van der Waals surface area contributed by atoms with E-state index in [-0.39, 0.29) is 23.0 Å². The van der Waals surface area contributed by atoms with E-state index < -0.39 is 0 Å². The SMILES string of the molecule is COc1cc(C(C)=NNC(=O)CSc2nc3sc4c(c3c(=O)n2-c2ccc(Br)cc2)CCCC4)ccc1O. The van der Waals surface area contributed by atoms with Crippen LogP contribution in [-0.4, -0.2) is 39.1 Å². The number of benzene rings is 2. The Morgan fingerprint density at radius 3 is 2.76 bits per heavy atom. The molecule has 0 saturated heterocycles. The Hall–Kier alpha value is -3.15. The third-order valence-corrected chi connectivity index (χ3v) is 8.97. The number of aromatic hydroxyl groups is 1. The molecule has 2 aromatic carbocycles. The number of hydrogen-bond donors (Lipinski definition) is 2. The number of hydrazone groups is 1. The van der Waals surface area contributed by atoms with Crippen molar-refractivity contribution >= 4 is 60.9 Å². The van der Waals surface area contributed by atoms with Gasteiger partial charge in [-0.2, -0.15) is 5.10 Å². The minimum atomic E-state index is -0.331. The molecule has 0 unspecified atom stereocenters. The highest BCUT2D eigenvalue weighted by molar-refractivity contribution is 9.10. The molecule has 38 heavy (non-hydrogen) atoms. The van der Waals surface area contributed by atoms with E-state index in [1.165, 1.54) is 29.8 Å². The van der Waals surface area contributed by atoms with Gasteiger partial charge in [0, 0.05) is 14.9 Å². The van der Waals surface area contributed by atoms with Crippen molar-refractivity contribution in [3.8, 4) is 17.2 Å². The van der Waals surface area contributed by atoms with Crippen LogP contribution in [0, 0.1) is 0 Å². The second kappa shape index (κ2) is 11.3. The van der Waals surface area contributed by atoms with Crippen LogP contribution in [0.3, 0.4) is 0 Å². The maximum Gasteiger partial charge on any atom is 0.267 e. The molecule has 0 radical (unpaired) electrons. The number of aromatic nitrogens is 2. The number of hydrogen-bond acceptors (Lipinski definition) is 8. The van der Waals surface area contributed by atoms with E-state index in [1.807, 2.05) is 24.3 Å². The van der Waals surface area contributed by atoms with Crippen LogP contribution in [0.5, 0.6) is 11.5 Å². The van der Waals surface area contributed by atoms with Crippen LogP contribution in [0.15, 0.2) is 62.0 Å². The molecule has 0 aliphatic heterocycles. The number of nitrogens with zero attached hydrogens (tertiary/aromatic N) is 3. The number of fused-ring (bicyclic) bond motifs is 3. The van der Waals surface area contributed by atoms with Crippen LogP contribution < -0.4 is 15.7 Å². The maximum atomic E-state index is 13.8. The zero-order valence-corrected chi connectivity index (χ0v) is 24.0. The number of methoxy groups -OCH3 is 1. The number of rotatable bonds is 7. The number of amides is 1. The summed E-state index contributed by atoms with van der Waals surface area (Å²) < 4.78 is 7.65. The summed E-state index contributed by atoms with van der Waals surface area (Å²) in [6.45, 7) is 1.75. The molecule has 8 nitrogen and oxygen atoms in total. The summed E-state index contributed by atoms with van der Waals surface area (Å²) in [5.74, 6) is 0.0381. The van der Waals surface area contributed by atoms with Crippen LogP contribution in [-0.2, 0) is 17.6 Å². The number of phenolic OH excluding ortho intramolecular Hbond substituents is 1. The molecule has 2 heterocycles. The molecule has 2 aromatic heterocycles. The normalized spacial score (nSPS) is 13.4. The van der Waals surface area contributed by atoms with E-state index in [4.69, 9.17) is 9.72 Å². The van der Waals surface area contributed by atoms with Gasteiger partial charge < -0.3 is 9.84 Å². The van der Waals surface area contributed by atoms with Gasteiger partial charge in [0.05, 0.1) is 29.6 Å². The highest BCUT2D eigenvalue weighted by Crippen LogP contribution is 2.35. The van der Waals surface area contributed by atoms with E-state index in [1.54, 1.807) is 35.0 Å². The predicted octanol–water partition coefficient (Wildman–Crippen LogP) is 5.44. The molecule has 5 rings (SSSR count). The van der Waals surface area contributed by atoms with Gasteiger partial charge in [-0.15, -0.1) is 11.3 Å². The summed E-state index contributed by atoms with van der Waals surface area (Å²) in [6, 6.07) is 12.3. The molecular weight excluding hydrogens is 588 g/mol. The molecule has 0 bridgehead atoms. The molecule has 0 atom stereocenters. The number of thiophene rings is 1. The number of ether oxygens (including phenoxy) is 1. The summed E-state index contributed by atoms with van der Waals surface area (Å²) >= 11 is 6.24. The van der Waals surface area contributed by atoms with Gasteiger partial charge in [0.25, 0.3) is 11.5 Å². The van der Waals surface area contributed by atoms with E-state index >= 15 is 0 Å². The van der Waals surface area contributed by atoms with Crippen LogP contribution in [0.25, 0.3) is 15.9 Å². The molecule has 0 saturated carbocycles. The molecule has 0 spiro atoms. The smallest absolute Gasteiger partial charge is 0.267 e. The first-order chi connectivity index (χ1) is 18.4. The zero-order chi connectivity index (χ0) is 26.8. The van der Waals surface area contributed by atoms with E-state index in [9.17, 15) is 14.7 Å². The third kappa shape index (κ3) is 5.36. The van der Waals surface area contributed by atoms with Crippen molar-refractivity contribution in [2.24, 2.45) is 5.10 Å². The van der Waals surface area contributed by atoms with Gasteiger partial charge >= 0.3 is 0 Å². The highest BCUT2D eigenvalue weighted by atomic mass is 79.9. The molecule has 0 fully saturated rings. The van der Waals surface area contributed by atoms with Crippen LogP contribution in [0.1, 0.15) is 35.8 Å².